The summed E-state index contributed by atoms with van der Waals surface area (Å²) < 4.78 is 34.2. The number of hydrogen-bond acceptors (Lipinski definition) is 5. The second-order valence-electron chi connectivity index (χ2n) is 1.87. The highest BCUT2D eigenvalue weighted by Gasteiger charge is 2.29. The smallest absolute Gasteiger partial charge is 0.382 e. The van der Waals surface area contributed by atoms with Crippen molar-refractivity contribution in [1.82, 2.24) is 0 Å². The molecule has 0 radical (unpaired) electrons. The van der Waals surface area contributed by atoms with E-state index in [1.807, 2.05) is 0 Å². The minimum atomic E-state index is -3.70. The summed E-state index contributed by atoms with van der Waals surface area (Å²) >= 11 is 0. The Morgan fingerprint density at radius 2 is 2.40 bits per heavy atom. The third-order valence-corrected chi connectivity index (χ3v) is 1.94. The molecular weight excluding hydrogens is 160 g/mol. The van der Waals surface area contributed by atoms with E-state index < -0.39 is 16.5 Å². The molecule has 60 valence electrons. The summed E-state index contributed by atoms with van der Waals surface area (Å²) in [5.74, 6) is 0. The van der Waals surface area contributed by atoms with E-state index in [0.717, 1.165) is 0 Å². The van der Waals surface area contributed by atoms with Crippen LogP contribution in [0.15, 0.2) is 0 Å². The third kappa shape index (κ3) is 1.91. The number of hydrogen-bond donors (Lipinski definition) is 0. The third-order valence-electron chi connectivity index (χ3n) is 1.00. The van der Waals surface area contributed by atoms with Gasteiger partial charge in [0.15, 0.2) is 0 Å². The Hall–Kier alpha value is -0.170. The molecule has 0 spiro atoms. The van der Waals surface area contributed by atoms with Crippen LogP contribution in [-0.4, -0.2) is 34.8 Å². The molecule has 0 aromatic carbocycles. The molecule has 0 amide bonds. The zero-order valence-electron chi connectivity index (χ0n) is 5.44. The van der Waals surface area contributed by atoms with Crippen molar-refractivity contribution >= 4 is 10.4 Å². The van der Waals surface area contributed by atoms with Gasteiger partial charge in [0.05, 0.1) is 13.2 Å². The Morgan fingerprint density at radius 1 is 1.70 bits per heavy atom. The summed E-state index contributed by atoms with van der Waals surface area (Å²) in [6.45, 7) is 0.287. The van der Waals surface area contributed by atoms with Crippen LogP contribution in [0.4, 0.5) is 0 Å². The van der Waals surface area contributed by atoms with Gasteiger partial charge in [-0.3, -0.25) is 0 Å². The fraction of sp³-hybridized carbons (Fsp3) is 1.00. The molecule has 10 heavy (non-hydrogen) atoms. The SMILES string of the molecule is COC[C@@H]1COS(=O)(=O)O1. The van der Waals surface area contributed by atoms with Crippen LogP contribution in [-0.2, 0) is 23.5 Å². The summed E-state index contributed by atoms with van der Waals surface area (Å²) in [5, 5.41) is 0. The van der Waals surface area contributed by atoms with Crippen molar-refractivity contribution in [3.05, 3.63) is 0 Å². The van der Waals surface area contributed by atoms with E-state index in [1.54, 1.807) is 0 Å². The van der Waals surface area contributed by atoms with E-state index in [2.05, 4.69) is 13.1 Å². The van der Waals surface area contributed by atoms with Gasteiger partial charge < -0.3 is 4.74 Å². The maximum atomic E-state index is 10.4. The second-order valence-corrected chi connectivity index (χ2v) is 3.11. The monoisotopic (exact) mass is 168 g/mol. The average Bonchev–Trinajstić information content (AvgIpc) is 2.12. The van der Waals surface area contributed by atoms with Crippen LogP contribution in [0.2, 0.25) is 0 Å². The quantitative estimate of drug-likeness (QED) is 0.545. The van der Waals surface area contributed by atoms with Crippen LogP contribution >= 0.6 is 0 Å². The van der Waals surface area contributed by atoms with E-state index in [1.165, 1.54) is 7.11 Å². The zero-order chi connectivity index (χ0) is 7.61. The molecule has 0 bridgehead atoms. The van der Waals surface area contributed by atoms with Crippen LogP contribution in [0.25, 0.3) is 0 Å². The molecule has 0 aromatic rings. The Balaban J connectivity index is 2.44. The second kappa shape index (κ2) is 2.83. The van der Waals surface area contributed by atoms with E-state index in [9.17, 15) is 8.42 Å². The lowest BCUT2D eigenvalue weighted by molar-refractivity contribution is 0.0952. The van der Waals surface area contributed by atoms with Gasteiger partial charge in [0, 0.05) is 7.11 Å². The predicted molar refractivity (Wildman–Crippen MR) is 31.6 cm³/mol. The topological polar surface area (TPSA) is 61.8 Å². The van der Waals surface area contributed by atoms with Crippen molar-refractivity contribution in [1.29, 1.82) is 0 Å². The Labute approximate surface area is 59.2 Å². The van der Waals surface area contributed by atoms with Crippen molar-refractivity contribution in [2.45, 2.75) is 6.10 Å². The molecule has 1 aliphatic heterocycles. The van der Waals surface area contributed by atoms with E-state index in [0.29, 0.717) is 0 Å². The Kier molecular flexibility index (Phi) is 2.24. The summed E-state index contributed by atoms with van der Waals surface area (Å²) in [5.41, 5.74) is 0. The van der Waals surface area contributed by atoms with Crippen LogP contribution in [0, 0.1) is 0 Å². The van der Waals surface area contributed by atoms with Crippen LogP contribution in [0.5, 0.6) is 0 Å². The maximum absolute atomic E-state index is 10.4. The molecule has 5 nitrogen and oxygen atoms in total. The molecule has 0 saturated carbocycles. The molecule has 0 aromatic heterocycles. The summed E-state index contributed by atoms with van der Waals surface area (Å²) in [6, 6.07) is 0. The molecule has 1 heterocycles. The normalized spacial score (nSPS) is 30.7. The van der Waals surface area contributed by atoms with Crippen LogP contribution < -0.4 is 0 Å². The molecular formula is C4H8O5S. The first-order chi connectivity index (χ1) is 4.64. The Morgan fingerprint density at radius 3 is 2.80 bits per heavy atom. The number of methoxy groups -OCH3 is 1. The molecule has 0 N–H and O–H groups in total. The average molecular weight is 168 g/mol. The summed E-state index contributed by atoms with van der Waals surface area (Å²) in [7, 11) is -2.23. The molecule has 0 unspecified atom stereocenters. The number of ether oxygens (including phenoxy) is 1. The summed E-state index contributed by atoms with van der Waals surface area (Å²) in [4.78, 5) is 0. The van der Waals surface area contributed by atoms with Gasteiger partial charge in [0.2, 0.25) is 0 Å². The van der Waals surface area contributed by atoms with Gasteiger partial charge in [-0.2, -0.15) is 8.42 Å². The van der Waals surface area contributed by atoms with Gasteiger partial charge in [-0.05, 0) is 0 Å². The predicted octanol–water partition coefficient (Wildman–Crippen LogP) is -0.707. The largest absolute Gasteiger partial charge is 0.400 e. The van der Waals surface area contributed by atoms with Gasteiger partial charge in [-0.25, -0.2) is 8.37 Å². The minimum absolute atomic E-state index is 0.0518. The molecule has 1 saturated heterocycles. The highest BCUT2D eigenvalue weighted by molar-refractivity contribution is 7.82. The van der Waals surface area contributed by atoms with Crippen molar-refractivity contribution in [2.24, 2.45) is 0 Å². The van der Waals surface area contributed by atoms with E-state index >= 15 is 0 Å². The number of rotatable bonds is 2. The Bertz CT molecular complexity index is 196. The van der Waals surface area contributed by atoms with Gasteiger partial charge in [0.25, 0.3) is 0 Å². The first kappa shape index (κ1) is 7.93. The minimum Gasteiger partial charge on any atom is -0.382 e. The van der Waals surface area contributed by atoms with Crippen molar-refractivity contribution in [3.63, 3.8) is 0 Å². The van der Waals surface area contributed by atoms with Crippen LogP contribution in [0.3, 0.4) is 0 Å². The molecule has 1 rings (SSSR count). The highest BCUT2D eigenvalue weighted by atomic mass is 32.3. The zero-order valence-corrected chi connectivity index (χ0v) is 6.26. The molecule has 1 fully saturated rings. The molecule has 0 aliphatic carbocycles. The lowest BCUT2D eigenvalue weighted by Crippen LogP contribution is -2.16. The molecule has 6 heteroatoms. The fourth-order valence-electron chi connectivity index (χ4n) is 0.643. The molecule has 1 aliphatic rings. The lowest BCUT2D eigenvalue weighted by atomic mass is 10.4. The molecule has 1 atom stereocenters. The first-order valence-electron chi connectivity index (χ1n) is 2.70. The van der Waals surface area contributed by atoms with Gasteiger partial charge >= 0.3 is 10.4 Å². The van der Waals surface area contributed by atoms with Crippen molar-refractivity contribution < 1.29 is 21.5 Å². The van der Waals surface area contributed by atoms with Gasteiger partial charge in [-0.15, -0.1) is 0 Å². The summed E-state index contributed by atoms with van der Waals surface area (Å²) in [6.07, 6.45) is -0.477. The van der Waals surface area contributed by atoms with E-state index in [-0.39, 0.29) is 13.2 Å². The lowest BCUT2D eigenvalue weighted by Gasteiger charge is -2.00. The van der Waals surface area contributed by atoms with Crippen LogP contribution in [0.1, 0.15) is 0 Å². The first-order valence-corrected chi connectivity index (χ1v) is 4.04. The van der Waals surface area contributed by atoms with Gasteiger partial charge in [0.1, 0.15) is 6.10 Å². The van der Waals surface area contributed by atoms with Crippen molar-refractivity contribution in [2.75, 3.05) is 20.3 Å². The maximum Gasteiger partial charge on any atom is 0.400 e. The van der Waals surface area contributed by atoms with E-state index in [4.69, 9.17) is 0 Å². The van der Waals surface area contributed by atoms with Gasteiger partial charge in [-0.1, -0.05) is 0 Å². The fourth-order valence-corrected chi connectivity index (χ4v) is 1.46. The highest BCUT2D eigenvalue weighted by Crippen LogP contribution is 2.11. The standard InChI is InChI=1S/C4H8O5S/c1-7-2-4-3-8-10(5,6)9-4/h4H,2-3H2,1H3/t4-/m1/s1. The van der Waals surface area contributed by atoms with Crippen molar-refractivity contribution in [3.8, 4) is 0 Å².